The molecule has 138 valence electrons. The van der Waals surface area contributed by atoms with Gasteiger partial charge in [0.25, 0.3) is 5.69 Å². The third-order valence-corrected chi connectivity index (χ3v) is 4.37. The Kier molecular flexibility index (Phi) is 6.49. The summed E-state index contributed by atoms with van der Waals surface area (Å²) in [6.07, 6.45) is 3.65. The number of carbonyl (C=O) groups is 2. The van der Waals surface area contributed by atoms with Crippen LogP contribution in [0.5, 0.6) is 0 Å². The van der Waals surface area contributed by atoms with Crippen molar-refractivity contribution in [3.63, 3.8) is 0 Å². The number of alkyl carbamates (subject to hydrolysis) is 1. The highest BCUT2D eigenvalue weighted by molar-refractivity contribution is 5.80. The van der Waals surface area contributed by atoms with Crippen molar-refractivity contribution in [3.05, 3.63) is 39.9 Å². The van der Waals surface area contributed by atoms with E-state index >= 15 is 0 Å². The van der Waals surface area contributed by atoms with Gasteiger partial charge in [-0.15, -0.1) is 0 Å². The first-order chi connectivity index (χ1) is 12.4. The number of carbonyl (C=O) groups excluding carboxylic acids is 2. The van der Waals surface area contributed by atoms with Crippen LogP contribution in [0.1, 0.15) is 31.2 Å². The molecule has 0 spiro atoms. The van der Waals surface area contributed by atoms with Gasteiger partial charge in [0.15, 0.2) is 6.19 Å². The van der Waals surface area contributed by atoms with Crippen LogP contribution in [0, 0.1) is 27.5 Å². The SMILES string of the molecule is CN(C#N)C(=O)[C@H]1CC[C@H](NC(=O)OCc2cccc([N+](=O)[O-])c2)CC1. The smallest absolute Gasteiger partial charge is 0.407 e. The van der Waals surface area contributed by atoms with Crippen molar-refractivity contribution in [2.24, 2.45) is 5.92 Å². The van der Waals surface area contributed by atoms with Crippen molar-refractivity contribution in [3.8, 4) is 6.19 Å². The molecule has 0 aliphatic heterocycles. The molecule has 1 aliphatic rings. The summed E-state index contributed by atoms with van der Waals surface area (Å²) in [6.45, 7) is -0.0612. The van der Waals surface area contributed by atoms with Gasteiger partial charge in [0.1, 0.15) is 6.61 Å². The molecule has 9 heteroatoms. The van der Waals surface area contributed by atoms with E-state index in [1.165, 1.54) is 25.2 Å². The van der Waals surface area contributed by atoms with Crippen molar-refractivity contribution < 1.29 is 19.2 Å². The monoisotopic (exact) mass is 360 g/mol. The Morgan fingerprint density at radius 1 is 1.38 bits per heavy atom. The standard InChI is InChI=1S/C17H20N4O5/c1-20(11-18)16(22)13-5-7-14(8-6-13)19-17(23)26-10-12-3-2-4-15(9-12)21(24)25/h2-4,9,13-14H,5-8,10H2,1H3,(H,19,23)/t13-,14-. The molecule has 0 unspecified atom stereocenters. The minimum Gasteiger partial charge on any atom is -0.445 e. The number of nitro benzene ring substituents is 1. The van der Waals surface area contributed by atoms with Crippen LogP contribution in [0.3, 0.4) is 0 Å². The molecule has 2 rings (SSSR count). The van der Waals surface area contributed by atoms with Crippen LogP contribution in [-0.2, 0) is 16.1 Å². The molecule has 0 radical (unpaired) electrons. The molecular formula is C17H20N4O5. The summed E-state index contributed by atoms with van der Waals surface area (Å²) in [4.78, 5) is 35.1. The Balaban J connectivity index is 1.76. The third kappa shape index (κ3) is 5.17. The lowest BCUT2D eigenvalue weighted by molar-refractivity contribution is -0.384. The number of non-ortho nitro benzene ring substituents is 1. The van der Waals surface area contributed by atoms with Crippen molar-refractivity contribution in [1.29, 1.82) is 5.26 Å². The fraction of sp³-hybridized carbons (Fsp3) is 0.471. The second kappa shape index (κ2) is 8.80. The van der Waals surface area contributed by atoms with Crippen molar-refractivity contribution >= 4 is 17.7 Å². The maximum atomic E-state index is 11.9. The maximum Gasteiger partial charge on any atom is 0.407 e. The van der Waals surface area contributed by atoms with Gasteiger partial charge in [-0.2, -0.15) is 5.26 Å². The summed E-state index contributed by atoms with van der Waals surface area (Å²) in [5.41, 5.74) is 0.472. The average molecular weight is 360 g/mol. The van der Waals surface area contributed by atoms with Crippen LogP contribution in [0.2, 0.25) is 0 Å². The number of amides is 2. The first-order valence-corrected chi connectivity index (χ1v) is 8.24. The molecule has 0 bridgehead atoms. The van der Waals surface area contributed by atoms with Gasteiger partial charge in [0.05, 0.1) is 4.92 Å². The summed E-state index contributed by atoms with van der Waals surface area (Å²) >= 11 is 0. The first-order valence-electron chi connectivity index (χ1n) is 8.24. The van der Waals surface area contributed by atoms with E-state index in [1.54, 1.807) is 12.3 Å². The summed E-state index contributed by atoms with van der Waals surface area (Å²) < 4.78 is 5.10. The molecule has 0 aromatic heterocycles. The fourth-order valence-corrected chi connectivity index (χ4v) is 2.92. The Morgan fingerprint density at radius 3 is 2.69 bits per heavy atom. The van der Waals surface area contributed by atoms with E-state index < -0.39 is 11.0 Å². The van der Waals surface area contributed by atoms with E-state index in [0.717, 1.165) is 4.90 Å². The van der Waals surface area contributed by atoms with E-state index in [-0.39, 0.29) is 30.2 Å². The molecular weight excluding hydrogens is 340 g/mol. The van der Waals surface area contributed by atoms with Crippen molar-refractivity contribution in [1.82, 2.24) is 10.2 Å². The molecule has 9 nitrogen and oxygen atoms in total. The molecule has 1 aromatic carbocycles. The van der Waals surface area contributed by atoms with Crippen LogP contribution in [0.25, 0.3) is 0 Å². The predicted molar refractivity (Wildman–Crippen MR) is 90.5 cm³/mol. The molecule has 0 atom stereocenters. The van der Waals surface area contributed by atoms with Crippen LogP contribution in [0.15, 0.2) is 24.3 Å². The van der Waals surface area contributed by atoms with Gasteiger partial charge in [-0.05, 0) is 31.2 Å². The fourth-order valence-electron chi connectivity index (χ4n) is 2.92. The van der Waals surface area contributed by atoms with Crippen molar-refractivity contribution in [2.75, 3.05) is 7.05 Å². The molecule has 1 N–H and O–H groups in total. The topological polar surface area (TPSA) is 126 Å². The molecule has 2 amide bonds. The highest BCUT2D eigenvalue weighted by Gasteiger charge is 2.29. The molecule has 1 aromatic rings. The summed E-state index contributed by atoms with van der Waals surface area (Å²) in [5, 5.41) is 22.2. The highest BCUT2D eigenvalue weighted by Crippen LogP contribution is 2.25. The number of hydrogen-bond acceptors (Lipinski definition) is 6. The predicted octanol–water partition coefficient (Wildman–Crippen LogP) is 2.32. The Bertz CT molecular complexity index is 722. The quantitative estimate of drug-likeness (QED) is 0.372. The van der Waals surface area contributed by atoms with Gasteiger partial charge < -0.3 is 10.1 Å². The van der Waals surface area contributed by atoms with Gasteiger partial charge in [-0.1, -0.05) is 12.1 Å². The molecule has 0 saturated heterocycles. The molecule has 1 saturated carbocycles. The van der Waals surface area contributed by atoms with Gasteiger partial charge in [0.2, 0.25) is 5.91 Å². The highest BCUT2D eigenvalue weighted by atomic mass is 16.6. The number of hydrogen-bond donors (Lipinski definition) is 1. The van der Waals surface area contributed by atoms with Crippen molar-refractivity contribution in [2.45, 2.75) is 38.3 Å². The average Bonchev–Trinajstić information content (AvgIpc) is 2.66. The van der Waals surface area contributed by atoms with E-state index in [9.17, 15) is 19.7 Å². The Morgan fingerprint density at radius 2 is 2.08 bits per heavy atom. The zero-order valence-electron chi connectivity index (χ0n) is 14.4. The maximum absolute atomic E-state index is 11.9. The second-order valence-electron chi connectivity index (χ2n) is 6.19. The minimum absolute atomic E-state index is 0.0585. The normalized spacial score (nSPS) is 19.1. The van der Waals surface area contributed by atoms with Gasteiger partial charge in [-0.3, -0.25) is 19.8 Å². The number of ether oxygens (including phenoxy) is 1. The molecule has 26 heavy (non-hydrogen) atoms. The Hall–Kier alpha value is -3.15. The third-order valence-electron chi connectivity index (χ3n) is 4.37. The Labute approximate surface area is 150 Å². The largest absolute Gasteiger partial charge is 0.445 e. The summed E-state index contributed by atoms with van der Waals surface area (Å²) in [5.74, 6) is -0.391. The van der Waals surface area contributed by atoms with Crippen LogP contribution >= 0.6 is 0 Å². The number of nitriles is 1. The van der Waals surface area contributed by atoms with E-state index in [2.05, 4.69) is 5.32 Å². The van der Waals surface area contributed by atoms with Gasteiger partial charge in [0, 0.05) is 31.1 Å². The summed E-state index contributed by atoms with van der Waals surface area (Å²) in [7, 11) is 1.44. The molecule has 1 fully saturated rings. The van der Waals surface area contributed by atoms with Crippen LogP contribution in [0.4, 0.5) is 10.5 Å². The van der Waals surface area contributed by atoms with Gasteiger partial charge in [-0.25, -0.2) is 4.79 Å². The van der Waals surface area contributed by atoms with E-state index in [0.29, 0.717) is 31.2 Å². The zero-order chi connectivity index (χ0) is 19.1. The summed E-state index contributed by atoms with van der Waals surface area (Å²) in [6, 6.07) is 5.81. The second-order valence-corrected chi connectivity index (χ2v) is 6.19. The van der Waals surface area contributed by atoms with Gasteiger partial charge >= 0.3 is 6.09 Å². The number of nitro groups is 1. The number of nitrogens with one attached hydrogen (secondary N) is 1. The van der Waals surface area contributed by atoms with E-state index in [1.807, 2.05) is 0 Å². The number of nitrogens with zero attached hydrogens (tertiary/aromatic N) is 3. The lowest BCUT2D eigenvalue weighted by Crippen LogP contribution is -2.40. The first kappa shape index (κ1) is 19.2. The van der Waals surface area contributed by atoms with Crippen LogP contribution < -0.4 is 5.32 Å². The lowest BCUT2D eigenvalue weighted by Gasteiger charge is -2.28. The molecule has 0 heterocycles. The van der Waals surface area contributed by atoms with E-state index in [4.69, 9.17) is 10.00 Å². The zero-order valence-corrected chi connectivity index (χ0v) is 14.4. The number of benzene rings is 1. The van der Waals surface area contributed by atoms with Crippen LogP contribution in [-0.4, -0.2) is 34.9 Å². The molecule has 1 aliphatic carbocycles. The minimum atomic E-state index is -0.597. The lowest BCUT2D eigenvalue weighted by atomic mass is 9.85. The number of rotatable bonds is 5.